The standard InChI is InChI=1S/C10H11BrN4S/c11-10-2-1-8(16-10)3-9(15-12)7-4-13-6-14-5-7/h1-2,4-6,9,15H,3,12H2. The third-order valence-electron chi connectivity index (χ3n) is 2.22. The van der Waals surface area contributed by atoms with Gasteiger partial charge in [-0.3, -0.25) is 11.3 Å². The van der Waals surface area contributed by atoms with Crippen LogP contribution in [0.25, 0.3) is 0 Å². The molecule has 0 aliphatic rings. The van der Waals surface area contributed by atoms with Crippen molar-refractivity contribution in [3.63, 3.8) is 0 Å². The number of nitrogens with zero attached hydrogens (tertiary/aromatic N) is 2. The van der Waals surface area contributed by atoms with E-state index in [2.05, 4.69) is 37.4 Å². The van der Waals surface area contributed by atoms with Gasteiger partial charge >= 0.3 is 0 Å². The zero-order valence-corrected chi connectivity index (χ0v) is 10.8. The van der Waals surface area contributed by atoms with Crippen molar-refractivity contribution in [1.29, 1.82) is 0 Å². The predicted octanol–water partition coefficient (Wildman–Crippen LogP) is 2.05. The molecule has 0 bridgehead atoms. The Morgan fingerprint density at radius 3 is 2.69 bits per heavy atom. The number of nitrogens with two attached hydrogens (primary N) is 1. The quantitative estimate of drug-likeness (QED) is 0.670. The summed E-state index contributed by atoms with van der Waals surface area (Å²) in [6.07, 6.45) is 5.90. The van der Waals surface area contributed by atoms with Gasteiger partial charge in [-0.1, -0.05) is 0 Å². The van der Waals surface area contributed by atoms with Crippen molar-refractivity contribution in [2.75, 3.05) is 0 Å². The minimum atomic E-state index is 0.0479. The maximum absolute atomic E-state index is 5.55. The lowest BCUT2D eigenvalue weighted by atomic mass is 10.1. The fourth-order valence-corrected chi connectivity index (χ4v) is 2.95. The zero-order valence-electron chi connectivity index (χ0n) is 8.43. The molecule has 2 heterocycles. The monoisotopic (exact) mass is 298 g/mol. The van der Waals surface area contributed by atoms with E-state index in [1.165, 1.54) is 11.2 Å². The van der Waals surface area contributed by atoms with E-state index < -0.39 is 0 Å². The molecule has 2 rings (SSSR count). The molecule has 0 saturated heterocycles. The molecule has 0 fully saturated rings. The summed E-state index contributed by atoms with van der Waals surface area (Å²) >= 11 is 5.15. The van der Waals surface area contributed by atoms with Crippen LogP contribution in [0, 0.1) is 0 Å². The lowest BCUT2D eigenvalue weighted by Crippen LogP contribution is -2.29. The van der Waals surface area contributed by atoms with E-state index >= 15 is 0 Å². The van der Waals surface area contributed by atoms with Crippen LogP contribution in [0.5, 0.6) is 0 Å². The van der Waals surface area contributed by atoms with Gasteiger partial charge in [-0.2, -0.15) is 0 Å². The van der Waals surface area contributed by atoms with Gasteiger partial charge < -0.3 is 0 Å². The Morgan fingerprint density at radius 1 is 1.38 bits per heavy atom. The van der Waals surface area contributed by atoms with Crippen LogP contribution in [-0.4, -0.2) is 9.97 Å². The molecule has 0 aromatic carbocycles. The minimum absolute atomic E-state index is 0.0479. The van der Waals surface area contributed by atoms with Gasteiger partial charge in [0.25, 0.3) is 0 Å². The minimum Gasteiger partial charge on any atom is -0.271 e. The van der Waals surface area contributed by atoms with E-state index in [0.29, 0.717) is 0 Å². The lowest BCUT2D eigenvalue weighted by Gasteiger charge is -2.14. The zero-order chi connectivity index (χ0) is 11.4. The van der Waals surface area contributed by atoms with Crippen molar-refractivity contribution >= 4 is 27.3 Å². The average Bonchev–Trinajstić information content (AvgIpc) is 2.73. The van der Waals surface area contributed by atoms with Gasteiger partial charge in [0, 0.05) is 29.3 Å². The number of hydrogen-bond donors (Lipinski definition) is 2. The largest absolute Gasteiger partial charge is 0.271 e. The molecule has 0 amide bonds. The summed E-state index contributed by atoms with van der Waals surface area (Å²) in [6, 6.07) is 4.17. The van der Waals surface area contributed by atoms with Crippen molar-refractivity contribution < 1.29 is 0 Å². The average molecular weight is 299 g/mol. The first kappa shape index (κ1) is 11.7. The van der Waals surface area contributed by atoms with Gasteiger partial charge in [0.1, 0.15) is 6.33 Å². The smallest absolute Gasteiger partial charge is 0.115 e. The summed E-state index contributed by atoms with van der Waals surface area (Å²) in [5, 5.41) is 0. The molecule has 0 aliphatic heterocycles. The topological polar surface area (TPSA) is 63.8 Å². The predicted molar refractivity (Wildman–Crippen MR) is 67.8 cm³/mol. The molecule has 0 aliphatic carbocycles. The summed E-state index contributed by atoms with van der Waals surface area (Å²) in [5.41, 5.74) is 3.78. The van der Waals surface area contributed by atoms with Crippen LogP contribution in [0.15, 0.2) is 34.6 Å². The number of thiophene rings is 1. The molecule has 2 aromatic rings. The molecule has 1 atom stereocenters. The highest BCUT2D eigenvalue weighted by Gasteiger charge is 2.12. The van der Waals surface area contributed by atoms with E-state index in [-0.39, 0.29) is 6.04 Å². The molecule has 16 heavy (non-hydrogen) atoms. The van der Waals surface area contributed by atoms with Crippen LogP contribution in [-0.2, 0) is 6.42 Å². The van der Waals surface area contributed by atoms with Gasteiger partial charge in [0.15, 0.2) is 0 Å². The number of nitrogens with one attached hydrogen (secondary N) is 1. The van der Waals surface area contributed by atoms with E-state index in [1.807, 2.05) is 6.07 Å². The van der Waals surface area contributed by atoms with Crippen molar-refractivity contribution in [2.24, 2.45) is 5.84 Å². The van der Waals surface area contributed by atoms with Gasteiger partial charge in [-0.25, -0.2) is 9.97 Å². The van der Waals surface area contributed by atoms with Crippen molar-refractivity contribution in [3.8, 4) is 0 Å². The Morgan fingerprint density at radius 2 is 2.12 bits per heavy atom. The second-order valence-corrected chi connectivity index (χ2v) is 5.85. The van der Waals surface area contributed by atoms with E-state index in [9.17, 15) is 0 Å². The highest BCUT2D eigenvalue weighted by atomic mass is 79.9. The number of hydrogen-bond acceptors (Lipinski definition) is 5. The Kier molecular flexibility index (Phi) is 4.00. The van der Waals surface area contributed by atoms with Gasteiger partial charge in [-0.05, 0) is 28.1 Å². The highest BCUT2D eigenvalue weighted by Crippen LogP contribution is 2.26. The van der Waals surface area contributed by atoms with Crippen molar-refractivity contribution in [1.82, 2.24) is 15.4 Å². The van der Waals surface area contributed by atoms with Crippen LogP contribution in [0.1, 0.15) is 16.5 Å². The van der Waals surface area contributed by atoms with Crippen molar-refractivity contribution in [2.45, 2.75) is 12.5 Å². The molecule has 0 saturated carbocycles. The van der Waals surface area contributed by atoms with Crippen LogP contribution in [0.3, 0.4) is 0 Å². The summed E-state index contributed by atoms with van der Waals surface area (Å²) in [4.78, 5) is 9.24. The molecule has 6 heteroatoms. The van der Waals surface area contributed by atoms with E-state index in [0.717, 1.165) is 15.8 Å². The molecular formula is C10H11BrN4S. The number of hydrazine groups is 1. The molecule has 3 N–H and O–H groups in total. The second kappa shape index (κ2) is 5.49. The Labute approximate surface area is 106 Å². The van der Waals surface area contributed by atoms with E-state index in [1.54, 1.807) is 23.7 Å². The Hall–Kier alpha value is -0.820. The van der Waals surface area contributed by atoms with Crippen molar-refractivity contribution in [3.05, 3.63) is 45.1 Å². The maximum Gasteiger partial charge on any atom is 0.115 e. The van der Waals surface area contributed by atoms with Crippen LogP contribution in [0.2, 0.25) is 0 Å². The first-order chi connectivity index (χ1) is 7.79. The van der Waals surface area contributed by atoms with Crippen LogP contribution >= 0.6 is 27.3 Å². The van der Waals surface area contributed by atoms with Gasteiger partial charge in [0.2, 0.25) is 0 Å². The molecule has 0 spiro atoms. The Bertz CT molecular complexity index is 445. The second-order valence-electron chi connectivity index (χ2n) is 3.30. The summed E-state index contributed by atoms with van der Waals surface area (Å²) in [7, 11) is 0. The number of rotatable bonds is 4. The molecular weight excluding hydrogens is 288 g/mol. The molecule has 84 valence electrons. The summed E-state index contributed by atoms with van der Waals surface area (Å²) < 4.78 is 1.13. The third kappa shape index (κ3) is 2.85. The number of aromatic nitrogens is 2. The lowest BCUT2D eigenvalue weighted by molar-refractivity contribution is 0.552. The fraction of sp³-hybridized carbons (Fsp3) is 0.200. The molecule has 0 radical (unpaired) electrons. The number of halogens is 1. The van der Waals surface area contributed by atoms with E-state index in [4.69, 9.17) is 5.84 Å². The summed E-state index contributed by atoms with van der Waals surface area (Å²) in [5.74, 6) is 5.55. The van der Waals surface area contributed by atoms with Crippen LogP contribution in [0.4, 0.5) is 0 Å². The summed E-state index contributed by atoms with van der Waals surface area (Å²) in [6.45, 7) is 0. The first-order valence-electron chi connectivity index (χ1n) is 4.75. The third-order valence-corrected chi connectivity index (χ3v) is 3.86. The van der Waals surface area contributed by atoms with Crippen LogP contribution < -0.4 is 11.3 Å². The maximum atomic E-state index is 5.55. The fourth-order valence-electron chi connectivity index (χ4n) is 1.43. The van der Waals surface area contributed by atoms with Gasteiger partial charge in [0.05, 0.1) is 9.83 Å². The highest BCUT2D eigenvalue weighted by molar-refractivity contribution is 9.11. The first-order valence-corrected chi connectivity index (χ1v) is 6.36. The van der Waals surface area contributed by atoms with Gasteiger partial charge in [-0.15, -0.1) is 11.3 Å². The molecule has 2 aromatic heterocycles. The molecule has 1 unspecified atom stereocenters. The molecule has 4 nitrogen and oxygen atoms in total. The SMILES string of the molecule is NNC(Cc1ccc(Br)s1)c1cncnc1. The normalized spacial score (nSPS) is 12.6. The Balaban J connectivity index is 2.12.